The van der Waals surface area contributed by atoms with Gasteiger partial charge < -0.3 is 10.6 Å². The van der Waals surface area contributed by atoms with Gasteiger partial charge in [0, 0.05) is 11.5 Å². The Kier molecular flexibility index (Phi) is 5.37. The van der Waals surface area contributed by atoms with Crippen LogP contribution in [0, 0.1) is 28.6 Å². The molecule has 0 radical (unpaired) electrons. The number of rotatable bonds is 3. The van der Waals surface area contributed by atoms with Crippen LogP contribution in [0.25, 0.3) is 0 Å². The number of alkyl halides is 3. The van der Waals surface area contributed by atoms with Gasteiger partial charge in [-0.3, -0.25) is 9.59 Å². The van der Waals surface area contributed by atoms with Crippen molar-refractivity contribution < 1.29 is 22.8 Å². The summed E-state index contributed by atoms with van der Waals surface area (Å²) in [6.07, 6.45) is 5.11. The third-order valence-electron chi connectivity index (χ3n) is 9.33. The molecular weight excluding hydrogens is 417 g/mol. The maximum Gasteiger partial charge on any atom is 0.414 e. The summed E-state index contributed by atoms with van der Waals surface area (Å²) in [5.41, 5.74) is -2.83. The van der Waals surface area contributed by atoms with E-state index in [-0.39, 0.29) is 17.0 Å². The molecule has 3 saturated carbocycles. The molecule has 3 fully saturated rings. The normalized spacial score (nSPS) is 39.2. The first-order valence-corrected chi connectivity index (χ1v) is 11.8. The van der Waals surface area contributed by atoms with Gasteiger partial charge in [0.25, 0.3) is 11.8 Å². The van der Waals surface area contributed by atoms with Gasteiger partial charge in [-0.15, -0.1) is 0 Å². The number of amides is 2. The van der Waals surface area contributed by atoms with Crippen molar-refractivity contribution in [3.05, 3.63) is 23.8 Å². The Bertz CT molecular complexity index is 877. The summed E-state index contributed by atoms with van der Waals surface area (Å²) in [5, 5.41) is 5.43. The SMILES string of the molecule is C=C(C(F)(F)F)C(C)(C)NC(=O)C1=C[C@@]2(C)C(CC[C@@H]3[C@H]2CC[C@]2(C)CCC[C@@H]32)NC1=O. The number of carbonyl (C=O) groups is 2. The lowest BCUT2D eigenvalue weighted by atomic mass is 9.48. The molecule has 0 aromatic heterocycles. The number of fused-ring (bicyclic) bond motifs is 5. The van der Waals surface area contributed by atoms with Gasteiger partial charge in [-0.05, 0) is 75.5 Å². The van der Waals surface area contributed by atoms with Crippen LogP contribution in [0.5, 0.6) is 0 Å². The lowest BCUT2D eigenvalue weighted by molar-refractivity contribution is -0.129. The smallest absolute Gasteiger partial charge is 0.348 e. The van der Waals surface area contributed by atoms with Gasteiger partial charge in [0.15, 0.2) is 0 Å². The standard InChI is InChI=1S/C25H35F3N2O2/c1-14(25(26,27)28)22(2,3)30-21(32)16-13-24(5)18-10-12-23(4)11-6-7-17(23)15(18)8-9-19(24)29-20(16)31/h13,15,17-19H,1,6-12H2,2-5H3,(H,29,31)(H,30,32)/t15-,17-,18+,19?,23-,24+/m0/s1. The summed E-state index contributed by atoms with van der Waals surface area (Å²) in [6, 6.07) is -0.0447. The Balaban J connectivity index is 1.62. The Morgan fingerprint density at radius 1 is 1.12 bits per heavy atom. The molecule has 1 heterocycles. The zero-order chi connectivity index (χ0) is 23.7. The van der Waals surface area contributed by atoms with Crippen LogP contribution in [0.1, 0.15) is 72.6 Å². The molecule has 4 aliphatic rings. The van der Waals surface area contributed by atoms with Crippen LogP contribution in [-0.2, 0) is 9.59 Å². The van der Waals surface area contributed by atoms with Gasteiger partial charge in [0.1, 0.15) is 5.57 Å². The van der Waals surface area contributed by atoms with E-state index in [2.05, 4.69) is 31.1 Å². The first kappa shape index (κ1) is 23.4. The molecule has 0 spiro atoms. The lowest BCUT2D eigenvalue weighted by Gasteiger charge is -2.58. The van der Waals surface area contributed by atoms with E-state index >= 15 is 0 Å². The summed E-state index contributed by atoms with van der Waals surface area (Å²) >= 11 is 0. The molecule has 2 N–H and O–H groups in total. The molecule has 2 amide bonds. The average Bonchev–Trinajstić information content (AvgIpc) is 3.08. The van der Waals surface area contributed by atoms with Crippen molar-refractivity contribution in [1.29, 1.82) is 0 Å². The van der Waals surface area contributed by atoms with Crippen LogP contribution in [-0.4, -0.2) is 29.6 Å². The van der Waals surface area contributed by atoms with Crippen molar-refractivity contribution in [1.82, 2.24) is 10.6 Å². The Morgan fingerprint density at radius 2 is 1.81 bits per heavy atom. The Hall–Kier alpha value is -1.79. The molecule has 4 rings (SSSR count). The maximum absolute atomic E-state index is 13.2. The highest BCUT2D eigenvalue weighted by atomic mass is 19.4. The highest BCUT2D eigenvalue weighted by Gasteiger charge is 2.58. The minimum Gasteiger partial charge on any atom is -0.348 e. The van der Waals surface area contributed by atoms with Crippen molar-refractivity contribution in [2.75, 3.05) is 0 Å². The zero-order valence-electron chi connectivity index (χ0n) is 19.5. The van der Waals surface area contributed by atoms with Gasteiger partial charge >= 0.3 is 6.18 Å². The molecule has 178 valence electrons. The number of halogens is 3. The van der Waals surface area contributed by atoms with Gasteiger partial charge in [-0.1, -0.05) is 32.9 Å². The first-order valence-electron chi connectivity index (χ1n) is 11.8. The highest BCUT2D eigenvalue weighted by molar-refractivity contribution is 6.19. The van der Waals surface area contributed by atoms with Gasteiger partial charge in [0.05, 0.1) is 11.1 Å². The van der Waals surface area contributed by atoms with Gasteiger partial charge in [-0.25, -0.2) is 0 Å². The summed E-state index contributed by atoms with van der Waals surface area (Å²) in [7, 11) is 0. The molecule has 6 atom stereocenters. The van der Waals surface area contributed by atoms with Crippen molar-refractivity contribution in [2.24, 2.45) is 28.6 Å². The van der Waals surface area contributed by atoms with Crippen LogP contribution >= 0.6 is 0 Å². The van der Waals surface area contributed by atoms with Crippen molar-refractivity contribution in [3.63, 3.8) is 0 Å². The quantitative estimate of drug-likeness (QED) is 0.465. The van der Waals surface area contributed by atoms with E-state index in [1.807, 2.05) is 0 Å². The number of nitrogens with one attached hydrogen (secondary N) is 2. The van der Waals surface area contributed by atoms with E-state index in [9.17, 15) is 22.8 Å². The molecule has 32 heavy (non-hydrogen) atoms. The second kappa shape index (κ2) is 7.36. The van der Waals surface area contributed by atoms with Crippen LogP contribution in [0.15, 0.2) is 23.8 Å². The number of carbonyl (C=O) groups excluding carboxylic acids is 2. The molecule has 3 aliphatic carbocycles. The predicted molar refractivity (Wildman–Crippen MR) is 116 cm³/mol. The van der Waals surface area contributed by atoms with Gasteiger partial charge in [0.2, 0.25) is 0 Å². The van der Waals surface area contributed by atoms with Crippen LogP contribution in [0.3, 0.4) is 0 Å². The van der Waals surface area contributed by atoms with E-state index in [1.54, 1.807) is 6.08 Å². The predicted octanol–water partition coefficient (Wildman–Crippen LogP) is 5.06. The summed E-state index contributed by atoms with van der Waals surface area (Å²) in [4.78, 5) is 25.8. The van der Waals surface area contributed by atoms with Crippen LogP contribution in [0.2, 0.25) is 0 Å². The Morgan fingerprint density at radius 3 is 2.47 bits per heavy atom. The van der Waals surface area contributed by atoms with E-state index in [1.165, 1.54) is 33.1 Å². The minimum atomic E-state index is -4.64. The fourth-order valence-corrected chi connectivity index (χ4v) is 7.38. The monoisotopic (exact) mass is 452 g/mol. The highest BCUT2D eigenvalue weighted by Crippen LogP contribution is 2.63. The topological polar surface area (TPSA) is 58.2 Å². The summed E-state index contributed by atoms with van der Waals surface area (Å²) < 4.78 is 39.5. The van der Waals surface area contributed by atoms with Crippen molar-refractivity contribution >= 4 is 11.8 Å². The lowest BCUT2D eigenvalue weighted by Crippen LogP contribution is -2.61. The molecule has 0 aromatic carbocycles. The third-order valence-corrected chi connectivity index (χ3v) is 9.33. The molecule has 4 nitrogen and oxygen atoms in total. The van der Waals surface area contributed by atoms with E-state index < -0.39 is 29.1 Å². The molecule has 0 saturated heterocycles. The second-order valence-corrected chi connectivity index (χ2v) is 11.5. The van der Waals surface area contributed by atoms with Crippen LogP contribution in [0.4, 0.5) is 13.2 Å². The Labute approximate surface area is 188 Å². The number of hydrogen-bond acceptors (Lipinski definition) is 2. The largest absolute Gasteiger partial charge is 0.414 e. The third kappa shape index (κ3) is 3.60. The molecule has 7 heteroatoms. The average molecular weight is 453 g/mol. The molecule has 1 unspecified atom stereocenters. The fraction of sp³-hybridized carbons (Fsp3) is 0.760. The summed E-state index contributed by atoms with van der Waals surface area (Å²) in [6.45, 7) is 10.2. The van der Waals surface area contributed by atoms with E-state index in [0.717, 1.165) is 25.7 Å². The minimum absolute atomic E-state index is 0.0447. The molecular formula is C25H35F3N2O2. The fourth-order valence-electron chi connectivity index (χ4n) is 7.38. The van der Waals surface area contributed by atoms with Gasteiger partial charge in [-0.2, -0.15) is 13.2 Å². The van der Waals surface area contributed by atoms with E-state index in [4.69, 9.17) is 0 Å². The molecule has 1 aliphatic heterocycles. The number of hydrogen-bond donors (Lipinski definition) is 2. The zero-order valence-corrected chi connectivity index (χ0v) is 19.5. The summed E-state index contributed by atoms with van der Waals surface area (Å²) in [5.74, 6) is 0.324. The maximum atomic E-state index is 13.2. The second-order valence-electron chi connectivity index (χ2n) is 11.5. The molecule has 0 bridgehead atoms. The van der Waals surface area contributed by atoms with Crippen LogP contribution < -0.4 is 10.6 Å². The van der Waals surface area contributed by atoms with Crippen molar-refractivity contribution in [3.8, 4) is 0 Å². The molecule has 0 aromatic rings. The van der Waals surface area contributed by atoms with E-state index in [0.29, 0.717) is 23.2 Å². The first-order chi connectivity index (χ1) is 14.7. The van der Waals surface area contributed by atoms with Crippen molar-refractivity contribution in [2.45, 2.75) is 90.4 Å².